The van der Waals surface area contributed by atoms with Crippen molar-refractivity contribution in [2.45, 2.75) is 46.1 Å². The van der Waals surface area contributed by atoms with Crippen LogP contribution in [0.3, 0.4) is 0 Å². The SMILES string of the molecule is CC(C)Nc1cc(Nc2ccc3nsnc3c2)ncc1-c1cc(C(=O)NCCCO)c(C(C)C)[nH]1. The number of hydrogen-bond acceptors (Lipinski definition) is 8. The number of aromatic amines is 1. The molecular weight excluding hydrogens is 462 g/mol. The molecule has 0 fully saturated rings. The van der Waals surface area contributed by atoms with Gasteiger partial charge >= 0.3 is 0 Å². The van der Waals surface area contributed by atoms with Gasteiger partial charge < -0.3 is 26.0 Å². The number of benzene rings is 1. The predicted molar refractivity (Wildman–Crippen MR) is 142 cm³/mol. The Labute approximate surface area is 208 Å². The first-order valence-corrected chi connectivity index (χ1v) is 12.5. The van der Waals surface area contributed by atoms with E-state index in [1.807, 2.05) is 44.2 Å². The van der Waals surface area contributed by atoms with Crippen molar-refractivity contribution in [2.24, 2.45) is 0 Å². The van der Waals surface area contributed by atoms with Gasteiger partial charge in [0.05, 0.1) is 23.0 Å². The van der Waals surface area contributed by atoms with E-state index in [4.69, 9.17) is 5.11 Å². The van der Waals surface area contributed by atoms with E-state index in [0.29, 0.717) is 24.3 Å². The van der Waals surface area contributed by atoms with Crippen LogP contribution in [0.1, 0.15) is 56.1 Å². The number of aliphatic hydroxyl groups is 1. The van der Waals surface area contributed by atoms with E-state index >= 15 is 0 Å². The third-order valence-electron chi connectivity index (χ3n) is 5.46. The Bertz CT molecular complexity index is 1310. The molecule has 1 aromatic carbocycles. The van der Waals surface area contributed by atoms with E-state index in [1.165, 1.54) is 11.7 Å². The number of fused-ring (bicyclic) bond motifs is 1. The van der Waals surface area contributed by atoms with E-state index in [0.717, 1.165) is 39.4 Å². The number of nitrogens with zero attached hydrogens (tertiary/aromatic N) is 3. The van der Waals surface area contributed by atoms with E-state index in [1.54, 1.807) is 6.20 Å². The average Bonchev–Trinajstić information content (AvgIpc) is 3.46. The summed E-state index contributed by atoms with van der Waals surface area (Å²) in [7, 11) is 0. The quantitative estimate of drug-likeness (QED) is 0.199. The Morgan fingerprint density at radius 3 is 2.66 bits per heavy atom. The van der Waals surface area contributed by atoms with Gasteiger partial charge in [-0.15, -0.1) is 0 Å². The molecule has 35 heavy (non-hydrogen) atoms. The Hall–Kier alpha value is -3.50. The van der Waals surface area contributed by atoms with Crippen molar-refractivity contribution < 1.29 is 9.90 Å². The Balaban J connectivity index is 1.66. The molecule has 0 atom stereocenters. The lowest BCUT2D eigenvalue weighted by Crippen LogP contribution is -2.25. The topological polar surface area (TPSA) is 128 Å². The van der Waals surface area contributed by atoms with Crippen LogP contribution in [0.15, 0.2) is 36.5 Å². The zero-order valence-corrected chi connectivity index (χ0v) is 21.2. The molecule has 10 heteroatoms. The summed E-state index contributed by atoms with van der Waals surface area (Å²) >= 11 is 1.19. The summed E-state index contributed by atoms with van der Waals surface area (Å²) in [5, 5.41) is 18.8. The Morgan fingerprint density at radius 1 is 1.11 bits per heavy atom. The zero-order valence-electron chi connectivity index (χ0n) is 20.3. The third-order valence-corrected chi connectivity index (χ3v) is 6.01. The normalized spacial score (nSPS) is 11.4. The van der Waals surface area contributed by atoms with E-state index in [9.17, 15) is 4.79 Å². The lowest BCUT2D eigenvalue weighted by Gasteiger charge is -2.16. The monoisotopic (exact) mass is 493 g/mol. The molecule has 0 aliphatic rings. The maximum Gasteiger partial charge on any atom is 0.253 e. The molecule has 0 aliphatic carbocycles. The fourth-order valence-electron chi connectivity index (χ4n) is 3.81. The summed E-state index contributed by atoms with van der Waals surface area (Å²) in [6.07, 6.45) is 2.33. The summed E-state index contributed by atoms with van der Waals surface area (Å²) in [5.74, 6) is 0.672. The summed E-state index contributed by atoms with van der Waals surface area (Å²) in [5.41, 5.74) is 6.66. The van der Waals surface area contributed by atoms with Crippen molar-refractivity contribution in [1.29, 1.82) is 0 Å². The number of anilines is 3. The minimum atomic E-state index is -0.152. The van der Waals surface area contributed by atoms with Gasteiger partial charge in [-0.05, 0) is 50.5 Å². The zero-order chi connectivity index (χ0) is 24.9. The van der Waals surface area contributed by atoms with Crippen LogP contribution < -0.4 is 16.0 Å². The van der Waals surface area contributed by atoms with Gasteiger partial charge in [-0.1, -0.05) is 13.8 Å². The molecule has 0 saturated heterocycles. The van der Waals surface area contributed by atoms with Crippen LogP contribution >= 0.6 is 11.7 Å². The molecule has 4 aromatic rings. The van der Waals surface area contributed by atoms with Gasteiger partial charge in [0.15, 0.2) is 0 Å². The van der Waals surface area contributed by atoms with Gasteiger partial charge in [0.25, 0.3) is 5.91 Å². The molecule has 9 nitrogen and oxygen atoms in total. The number of aliphatic hydroxyl groups excluding tert-OH is 1. The number of pyridine rings is 1. The first-order valence-electron chi connectivity index (χ1n) is 11.7. The molecule has 3 heterocycles. The predicted octanol–water partition coefficient (Wildman–Crippen LogP) is 4.88. The standard InChI is InChI=1S/C25H31N7O2S/c1-14(2)24-17(25(34)26-8-5-9-33)11-20(30-24)18-13-27-23(12-21(18)28-15(3)4)29-16-6-7-19-22(10-16)32-35-31-19/h6-7,10-15,30,33H,5,8-9H2,1-4H3,(H,26,34)(H2,27,28,29). The van der Waals surface area contributed by atoms with Crippen molar-refractivity contribution in [3.63, 3.8) is 0 Å². The Morgan fingerprint density at radius 2 is 1.91 bits per heavy atom. The third kappa shape index (κ3) is 5.77. The first-order chi connectivity index (χ1) is 16.9. The second kappa shape index (κ2) is 10.8. The van der Waals surface area contributed by atoms with Crippen LogP contribution in [0.25, 0.3) is 22.3 Å². The molecular formula is C25H31N7O2S. The largest absolute Gasteiger partial charge is 0.396 e. The van der Waals surface area contributed by atoms with Crippen molar-refractivity contribution in [3.8, 4) is 11.3 Å². The molecule has 0 saturated carbocycles. The lowest BCUT2D eigenvalue weighted by molar-refractivity contribution is 0.0950. The molecule has 5 N–H and O–H groups in total. The first kappa shape index (κ1) is 24.6. The van der Waals surface area contributed by atoms with E-state index < -0.39 is 0 Å². The highest BCUT2D eigenvalue weighted by atomic mass is 32.1. The van der Waals surface area contributed by atoms with Crippen LogP contribution in [0.4, 0.5) is 17.2 Å². The highest BCUT2D eigenvalue weighted by molar-refractivity contribution is 7.00. The smallest absolute Gasteiger partial charge is 0.253 e. The number of rotatable bonds is 10. The van der Waals surface area contributed by atoms with Gasteiger partial charge in [-0.25, -0.2) is 4.98 Å². The molecule has 184 valence electrons. The van der Waals surface area contributed by atoms with Gasteiger partial charge in [0, 0.05) is 54.1 Å². The number of nitrogens with one attached hydrogen (secondary N) is 4. The molecule has 0 bridgehead atoms. The summed E-state index contributed by atoms with van der Waals surface area (Å²) in [6, 6.07) is 9.88. The Kier molecular flexibility index (Phi) is 7.62. The fourth-order valence-corrected chi connectivity index (χ4v) is 4.33. The maximum absolute atomic E-state index is 12.8. The van der Waals surface area contributed by atoms with Gasteiger partial charge in [-0.2, -0.15) is 8.75 Å². The van der Waals surface area contributed by atoms with Crippen molar-refractivity contribution >= 4 is 45.9 Å². The highest BCUT2D eigenvalue weighted by Crippen LogP contribution is 2.33. The fraction of sp³-hybridized carbons (Fsp3) is 0.360. The summed E-state index contributed by atoms with van der Waals surface area (Å²) in [6.45, 7) is 8.73. The van der Waals surface area contributed by atoms with Gasteiger partial charge in [0.1, 0.15) is 16.9 Å². The number of aromatic nitrogens is 4. The van der Waals surface area contributed by atoms with Gasteiger partial charge in [0.2, 0.25) is 0 Å². The molecule has 0 spiro atoms. The highest BCUT2D eigenvalue weighted by Gasteiger charge is 2.20. The minimum Gasteiger partial charge on any atom is -0.396 e. The van der Waals surface area contributed by atoms with Crippen LogP contribution in [-0.2, 0) is 0 Å². The van der Waals surface area contributed by atoms with Crippen molar-refractivity contribution in [3.05, 3.63) is 47.8 Å². The van der Waals surface area contributed by atoms with Crippen LogP contribution in [-0.4, -0.2) is 48.9 Å². The molecule has 1 amide bonds. The van der Waals surface area contributed by atoms with Gasteiger partial charge in [-0.3, -0.25) is 4.79 Å². The number of hydrogen-bond donors (Lipinski definition) is 5. The number of H-pyrrole nitrogens is 1. The van der Waals surface area contributed by atoms with Crippen LogP contribution in [0.2, 0.25) is 0 Å². The molecule has 0 aliphatic heterocycles. The summed E-state index contributed by atoms with van der Waals surface area (Å²) < 4.78 is 8.55. The molecule has 4 rings (SSSR count). The maximum atomic E-state index is 12.8. The van der Waals surface area contributed by atoms with Crippen LogP contribution in [0, 0.1) is 0 Å². The second-order valence-corrected chi connectivity index (χ2v) is 9.53. The number of carbonyl (C=O) groups is 1. The number of carbonyl (C=O) groups excluding carboxylic acids is 1. The van der Waals surface area contributed by atoms with Crippen LogP contribution in [0.5, 0.6) is 0 Å². The van der Waals surface area contributed by atoms with Crippen molar-refractivity contribution in [2.75, 3.05) is 23.8 Å². The van der Waals surface area contributed by atoms with E-state index in [2.05, 4.69) is 48.5 Å². The second-order valence-electron chi connectivity index (χ2n) is 9.01. The number of amides is 1. The lowest BCUT2D eigenvalue weighted by atomic mass is 10.1. The summed E-state index contributed by atoms with van der Waals surface area (Å²) in [4.78, 5) is 20.9. The minimum absolute atomic E-state index is 0.0422. The molecule has 0 unspecified atom stereocenters. The molecule has 0 radical (unpaired) electrons. The van der Waals surface area contributed by atoms with E-state index in [-0.39, 0.29) is 24.5 Å². The molecule has 3 aromatic heterocycles. The average molecular weight is 494 g/mol. The van der Waals surface area contributed by atoms with Crippen molar-refractivity contribution in [1.82, 2.24) is 24.0 Å².